The van der Waals surface area contributed by atoms with Crippen molar-refractivity contribution in [3.8, 4) is 11.5 Å². The second-order valence-corrected chi connectivity index (χ2v) is 7.76. The van der Waals surface area contributed by atoms with E-state index in [-0.39, 0.29) is 0 Å². The van der Waals surface area contributed by atoms with Gasteiger partial charge in [-0.15, -0.1) is 0 Å². The van der Waals surface area contributed by atoms with Gasteiger partial charge in [0.1, 0.15) is 0 Å². The summed E-state index contributed by atoms with van der Waals surface area (Å²) in [5.41, 5.74) is 1.27. The maximum Gasteiger partial charge on any atom is 0.160 e. The van der Waals surface area contributed by atoms with Crippen molar-refractivity contribution in [3.05, 3.63) is 23.8 Å². The lowest BCUT2D eigenvalue weighted by Gasteiger charge is -2.25. The number of hydrogen-bond acceptors (Lipinski definition) is 4. The molecule has 1 aliphatic rings. The normalized spacial score (nSPS) is 23.0. The van der Waals surface area contributed by atoms with Crippen LogP contribution in [-0.4, -0.2) is 37.3 Å². The highest BCUT2D eigenvalue weighted by Gasteiger charge is 2.29. The molecule has 0 spiro atoms. The molecule has 1 heterocycles. The smallest absolute Gasteiger partial charge is 0.160 e. The largest absolute Gasteiger partial charge is 0.493 e. The second kappa shape index (κ2) is 7.41. The fourth-order valence-corrected chi connectivity index (χ4v) is 4.06. The van der Waals surface area contributed by atoms with E-state index in [1.165, 1.54) is 24.2 Å². The fourth-order valence-electron chi connectivity index (χ4n) is 2.80. The van der Waals surface area contributed by atoms with Gasteiger partial charge in [0.2, 0.25) is 0 Å². The molecule has 0 aliphatic carbocycles. The molecular weight excluding hydrogens is 282 g/mol. The number of nitrogens with one attached hydrogen (secondary N) is 1. The lowest BCUT2D eigenvalue weighted by Crippen LogP contribution is -2.39. The zero-order valence-corrected chi connectivity index (χ0v) is 14.4. The predicted octanol–water partition coefficient (Wildman–Crippen LogP) is 3.51. The van der Waals surface area contributed by atoms with E-state index in [1.807, 2.05) is 6.07 Å². The minimum Gasteiger partial charge on any atom is -0.493 e. The Bertz CT molecular complexity index is 458. The molecule has 0 amide bonds. The minimum atomic E-state index is 0.422. The third-order valence-electron chi connectivity index (χ3n) is 4.11. The molecule has 1 N–H and O–H groups in total. The van der Waals surface area contributed by atoms with Crippen molar-refractivity contribution in [2.75, 3.05) is 26.5 Å². The van der Waals surface area contributed by atoms with E-state index in [4.69, 9.17) is 9.47 Å². The Morgan fingerprint density at radius 2 is 2.05 bits per heavy atom. The first kappa shape index (κ1) is 16.5. The highest BCUT2D eigenvalue weighted by atomic mass is 32.2. The lowest BCUT2D eigenvalue weighted by molar-refractivity contribution is 0.354. The number of rotatable bonds is 7. The van der Waals surface area contributed by atoms with Crippen molar-refractivity contribution < 1.29 is 9.47 Å². The van der Waals surface area contributed by atoms with Crippen molar-refractivity contribution in [1.29, 1.82) is 0 Å². The number of methoxy groups -OCH3 is 2. The van der Waals surface area contributed by atoms with Gasteiger partial charge in [0, 0.05) is 17.3 Å². The van der Waals surface area contributed by atoms with E-state index in [2.05, 4.69) is 43.1 Å². The maximum atomic E-state index is 5.37. The number of thioether (sulfide) groups is 1. The van der Waals surface area contributed by atoms with Crippen molar-refractivity contribution in [2.45, 2.75) is 43.9 Å². The van der Waals surface area contributed by atoms with Gasteiger partial charge in [0.25, 0.3) is 0 Å². The molecule has 1 fully saturated rings. The predicted molar refractivity (Wildman–Crippen MR) is 90.8 cm³/mol. The van der Waals surface area contributed by atoms with Crippen LogP contribution in [0.25, 0.3) is 0 Å². The minimum absolute atomic E-state index is 0.422. The maximum absolute atomic E-state index is 5.37. The van der Waals surface area contributed by atoms with Gasteiger partial charge in [-0.1, -0.05) is 6.07 Å². The zero-order chi connectivity index (χ0) is 15.3. The zero-order valence-electron chi connectivity index (χ0n) is 13.6. The molecule has 1 saturated heterocycles. The van der Waals surface area contributed by atoms with Gasteiger partial charge in [-0.25, -0.2) is 0 Å². The summed E-state index contributed by atoms with van der Waals surface area (Å²) in [7, 11) is 3.35. The molecule has 1 aliphatic heterocycles. The molecule has 0 radical (unpaired) electrons. The molecule has 0 bridgehead atoms. The summed E-state index contributed by atoms with van der Waals surface area (Å²) in [6.07, 6.45) is 3.68. The van der Waals surface area contributed by atoms with Crippen LogP contribution in [0.1, 0.15) is 32.3 Å². The van der Waals surface area contributed by atoms with E-state index in [1.54, 1.807) is 14.2 Å². The number of ether oxygens (including phenoxy) is 2. The highest BCUT2D eigenvalue weighted by molar-refractivity contribution is 8.00. The van der Waals surface area contributed by atoms with Crippen molar-refractivity contribution in [3.63, 3.8) is 0 Å². The van der Waals surface area contributed by atoms with Gasteiger partial charge in [-0.05, 0) is 56.6 Å². The van der Waals surface area contributed by atoms with Crippen LogP contribution in [0, 0.1) is 0 Å². The van der Waals surface area contributed by atoms with Crippen molar-refractivity contribution >= 4 is 11.8 Å². The van der Waals surface area contributed by atoms with Crippen LogP contribution in [0.2, 0.25) is 0 Å². The van der Waals surface area contributed by atoms with E-state index in [0.717, 1.165) is 24.5 Å². The Kier molecular flexibility index (Phi) is 5.82. The summed E-state index contributed by atoms with van der Waals surface area (Å²) in [5, 5.41) is 3.69. The van der Waals surface area contributed by atoms with E-state index in [0.29, 0.717) is 10.8 Å². The average molecular weight is 309 g/mol. The van der Waals surface area contributed by atoms with Crippen molar-refractivity contribution in [1.82, 2.24) is 5.32 Å². The number of benzene rings is 1. The van der Waals surface area contributed by atoms with Gasteiger partial charge in [0.15, 0.2) is 11.5 Å². The van der Waals surface area contributed by atoms with Crippen LogP contribution in [0.3, 0.4) is 0 Å². The summed E-state index contributed by atoms with van der Waals surface area (Å²) in [4.78, 5) is 0. The molecule has 2 unspecified atom stereocenters. The molecule has 21 heavy (non-hydrogen) atoms. The molecule has 118 valence electrons. The molecule has 4 heteroatoms. The summed E-state index contributed by atoms with van der Waals surface area (Å²) in [6.45, 7) is 5.71. The van der Waals surface area contributed by atoms with E-state index >= 15 is 0 Å². The van der Waals surface area contributed by atoms with Crippen LogP contribution in [0.5, 0.6) is 11.5 Å². The van der Waals surface area contributed by atoms with Crippen LogP contribution in [0.4, 0.5) is 0 Å². The third-order valence-corrected chi connectivity index (χ3v) is 5.65. The second-order valence-electron chi connectivity index (χ2n) is 6.08. The number of hydrogen-bond donors (Lipinski definition) is 1. The van der Waals surface area contributed by atoms with Gasteiger partial charge in [-0.2, -0.15) is 11.8 Å². The van der Waals surface area contributed by atoms with Crippen molar-refractivity contribution in [2.24, 2.45) is 0 Å². The summed E-state index contributed by atoms with van der Waals surface area (Å²) in [5.74, 6) is 2.90. The van der Waals surface area contributed by atoms with Crippen LogP contribution in [-0.2, 0) is 6.42 Å². The first-order chi connectivity index (χ1) is 10.1. The van der Waals surface area contributed by atoms with E-state index < -0.39 is 0 Å². The molecule has 2 rings (SSSR count). The topological polar surface area (TPSA) is 30.5 Å². The molecule has 3 nitrogen and oxygen atoms in total. The Morgan fingerprint density at radius 3 is 2.67 bits per heavy atom. The van der Waals surface area contributed by atoms with Crippen LogP contribution >= 0.6 is 11.8 Å². The fraction of sp³-hybridized carbons (Fsp3) is 0.647. The third kappa shape index (κ3) is 4.55. The molecule has 1 aromatic carbocycles. The monoisotopic (exact) mass is 309 g/mol. The van der Waals surface area contributed by atoms with Gasteiger partial charge in [-0.3, -0.25) is 0 Å². The lowest BCUT2D eigenvalue weighted by atomic mass is 10.0. The molecule has 0 saturated carbocycles. The first-order valence-corrected chi connectivity index (χ1v) is 8.63. The van der Waals surface area contributed by atoms with Gasteiger partial charge >= 0.3 is 0 Å². The highest BCUT2D eigenvalue weighted by Crippen LogP contribution is 2.37. The Morgan fingerprint density at radius 1 is 1.29 bits per heavy atom. The summed E-state index contributed by atoms with van der Waals surface area (Å²) in [6, 6.07) is 6.63. The Balaban J connectivity index is 1.88. The first-order valence-electron chi connectivity index (χ1n) is 7.64. The molecule has 2 atom stereocenters. The van der Waals surface area contributed by atoms with E-state index in [9.17, 15) is 0 Å². The molecule has 0 aromatic heterocycles. The summed E-state index contributed by atoms with van der Waals surface area (Å²) < 4.78 is 11.1. The standard InChI is InChI=1S/C17H27NO2S/c1-13(18-12-17(2)8-5-9-21-17)10-14-6-7-15(19-3)16(11-14)20-4/h6-7,11,13,18H,5,8-10,12H2,1-4H3. The molecular formula is C17H27NO2S. The van der Waals surface area contributed by atoms with Gasteiger partial charge in [0.05, 0.1) is 14.2 Å². The SMILES string of the molecule is COc1ccc(CC(C)NCC2(C)CCCS2)cc1OC. The van der Waals surface area contributed by atoms with Crippen LogP contribution < -0.4 is 14.8 Å². The molecule has 1 aromatic rings. The van der Waals surface area contributed by atoms with Crippen LogP contribution in [0.15, 0.2) is 18.2 Å². The quantitative estimate of drug-likeness (QED) is 0.835. The Labute approximate surface area is 132 Å². The Hall–Kier alpha value is -0.870. The van der Waals surface area contributed by atoms with Gasteiger partial charge < -0.3 is 14.8 Å². The summed E-state index contributed by atoms with van der Waals surface area (Å²) >= 11 is 2.10. The average Bonchev–Trinajstić information content (AvgIpc) is 2.92.